The molecule has 3 rings (SSSR count). The van der Waals surface area contributed by atoms with Crippen LogP contribution in [0.3, 0.4) is 0 Å². The molecule has 1 aliphatic rings. The van der Waals surface area contributed by atoms with Crippen molar-refractivity contribution in [3.8, 4) is 0 Å². The van der Waals surface area contributed by atoms with Gasteiger partial charge in [0, 0.05) is 34.1 Å². The summed E-state index contributed by atoms with van der Waals surface area (Å²) in [4.78, 5) is 0. The van der Waals surface area contributed by atoms with Crippen molar-refractivity contribution in [2.75, 3.05) is 0 Å². The van der Waals surface area contributed by atoms with Crippen molar-refractivity contribution in [2.45, 2.75) is 50.9 Å². The largest absolute Gasteiger partial charge is 0.308 e. The fourth-order valence-corrected chi connectivity index (χ4v) is 4.30. The van der Waals surface area contributed by atoms with Crippen LogP contribution >= 0.6 is 56.7 Å². The molecule has 1 aliphatic carbocycles. The molecule has 26 heavy (non-hydrogen) atoms. The molecule has 0 aromatic heterocycles. The van der Waals surface area contributed by atoms with Crippen LogP contribution in [0.1, 0.15) is 36.8 Å². The highest BCUT2D eigenvalue weighted by Gasteiger charge is 2.24. The number of benzene rings is 2. The average molecular weight is 525 g/mol. The summed E-state index contributed by atoms with van der Waals surface area (Å²) in [5, 5.41) is 7.54. The number of rotatable bonds is 6. The van der Waals surface area contributed by atoms with Crippen LogP contribution in [0.25, 0.3) is 0 Å². The lowest BCUT2D eigenvalue weighted by atomic mass is 9.90. The molecule has 2 atom stereocenters. The maximum Gasteiger partial charge on any atom is 0.0224 e. The summed E-state index contributed by atoms with van der Waals surface area (Å²) < 4.78 is 2.30. The molecular formula is C20H26Br2Cl2N2. The number of halogens is 4. The third-order valence-corrected chi connectivity index (χ3v) is 5.67. The van der Waals surface area contributed by atoms with E-state index in [4.69, 9.17) is 0 Å². The Labute approximate surface area is 186 Å². The predicted octanol–water partition coefficient (Wildman–Crippen LogP) is 6.25. The quantitative estimate of drug-likeness (QED) is 0.467. The van der Waals surface area contributed by atoms with Crippen LogP contribution in [0.2, 0.25) is 0 Å². The van der Waals surface area contributed by atoms with Gasteiger partial charge in [-0.15, -0.1) is 24.8 Å². The van der Waals surface area contributed by atoms with E-state index >= 15 is 0 Å². The SMILES string of the molecule is Brc1cccc(CN[C@H]2CCCC[C@@H]2NCc2cccc(Br)c2)c1.Cl.Cl. The Bertz CT molecular complexity index is 612. The minimum absolute atomic E-state index is 0. The highest BCUT2D eigenvalue weighted by Crippen LogP contribution is 2.20. The van der Waals surface area contributed by atoms with E-state index in [2.05, 4.69) is 91.0 Å². The van der Waals surface area contributed by atoms with Crippen molar-refractivity contribution in [2.24, 2.45) is 0 Å². The zero-order valence-corrected chi connectivity index (χ0v) is 19.4. The van der Waals surface area contributed by atoms with Gasteiger partial charge in [0.15, 0.2) is 0 Å². The Morgan fingerprint density at radius 2 is 1.15 bits per heavy atom. The van der Waals surface area contributed by atoms with Gasteiger partial charge in [-0.2, -0.15) is 0 Å². The van der Waals surface area contributed by atoms with Gasteiger partial charge in [0.2, 0.25) is 0 Å². The van der Waals surface area contributed by atoms with Gasteiger partial charge in [-0.05, 0) is 48.2 Å². The molecule has 1 fully saturated rings. The lowest BCUT2D eigenvalue weighted by molar-refractivity contribution is 0.281. The summed E-state index contributed by atoms with van der Waals surface area (Å²) in [6, 6.07) is 18.2. The third-order valence-electron chi connectivity index (χ3n) is 4.68. The zero-order valence-electron chi connectivity index (χ0n) is 14.6. The molecule has 6 heteroatoms. The summed E-state index contributed by atoms with van der Waals surface area (Å²) in [6.45, 7) is 1.86. The van der Waals surface area contributed by atoms with E-state index < -0.39 is 0 Å². The second kappa shape index (κ2) is 12.4. The highest BCUT2D eigenvalue weighted by molar-refractivity contribution is 9.10. The predicted molar refractivity (Wildman–Crippen MR) is 123 cm³/mol. The van der Waals surface area contributed by atoms with E-state index in [1.807, 2.05) is 0 Å². The summed E-state index contributed by atoms with van der Waals surface area (Å²) in [6.07, 6.45) is 5.16. The van der Waals surface area contributed by atoms with E-state index in [1.165, 1.54) is 36.8 Å². The van der Waals surface area contributed by atoms with Crippen LogP contribution in [0.5, 0.6) is 0 Å². The number of nitrogens with one attached hydrogen (secondary N) is 2. The lowest BCUT2D eigenvalue weighted by Gasteiger charge is -2.33. The van der Waals surface area contributed by atoms with E-state index in [-0.39, 0.29) is 24.8 Å². The first-order chi connectivity index (χ1) is 11.7. The summed E-state index contributed by atoms with van der Waals surface area (Å²) in [5.74, 6) is 0. The molecule has 144 valence electrons. The van der Waals surface area contributed by atoms with E-state index in [1.54, 1.807) is 0 Å². The second-order valence-electron chi connectivity index (χ2n) is 6.52. The van der Waals surface area contributed by atoms with Crippen molar-refractivity contribution in [1.82, 2.24) is 10.6 Å². The Kier molecular flexibility index (Phi) is 11.4. The smallest absolute Gasteiger partial charge is 0.0224 e. The van der Waals surface area contributed by atoms with Crippen LogP contribution in [-0.4, -0.2) is 12.1 Å². The molecule has 2 aromatic rings. The molecule has 0 saturated heterocycles. The lowest BCUT2D eigenvalue weighted by Crippen LogP contribution is -2.49. The minimum atomic E-state index is 0. The Morgan fingerprint density at radius 1 is 0.731 bits per heavy atom. The van der Waals surface area contributed by atoms with Crippen LogP contribution in [-0.2, 0) is 13.1 Å². The van der Waals surface area contributed by atoms with Crippen molar-refractivity contribution in [3.63, 3.8) is 0 Å². The van der Waals surface area contributed by atoms with Crippen molar-refractivity contribution >= 4 is 56.7 Å². The number of hydrogen-bond donors (Lipinski definition) is 2. The normalized spacial score (nSPS) is 19.3. The molecule has 0 bridgehead atoms. The molecule has 2 N–H and O–H groups in total. The van der Waals surface area contributed by atoms with E-state index in [9.17, 15) is 0 Å². The van der Waals surface area contributed by atoms with Crippen LogP contribution in [0.4, 0.5) is 0 Å². The maximum atomic E-state index is 3.77. The molecule has 0 radical (unpaired) electrons. The van der Waals surface area contributed by atoms with Gasteiger partial charge in [-0.1, -0.05) is 69.0 Å². The first-order valence-corrected chi connectivity index (χ1v) is 10.2. The topological polar surface area (TPSA) is 24.1 Å². The summed E-state index contributed by atoms with van der Waals surface area (Å²) in [7, 11) is 0. The fourth-order valence-electron chi connectivity index (χ4n) is 3.41. The fraction of sp³-hybridized carbons (Fsp3) is 0.400. The molecule has 1 saturated carbocycles. The summed E-state index contributed by atoms with van der Waals surface area (Å²) >= 11 is 7.11. The first kappa shape index (κ1) is 23.9. The molecule has 2 nitrogen and oxygen atoms in total. The van der Waals surface area contributed by atoms with Gasteiger partial charge >= 0.3 is 0 Å². The van der Waals surface area contributed by atoms with Crippen LogP contribution in [0.15, 0.2) is 57.5 Å². The second-order valence-corrected chi connectivity index (χ2v) is 8.35. The van der Waals surface area contributed by atoms with Crippen LogP contribution in [0, 0.1) is 0 Å². The van der Waals surface area contributed by atoms with Gasteiger partial charge in [0.25, 0.3) is 0 Å². The highest BCUT2D eigenvalue weighted by atomic mass is 79.9. The monoisotopic (exact) mass is 522 g/mol. The average Bonchev–Trinajstić information content (AvgIpc) is 2.59. The molecule has 0 unspecified atom stereocenters. The maximum absolute atomic E-state index is 3.77. The first-order valence-electron chi connectivity index (χ1n) is 8.66. The standard InChI is InChI=1S/C20H24Br2N2.2ClH/c21-17-7-3-5-15(11-17)13-23-19-9-1-2-10-20(19)24-14-16-6-4-8-18(22)12-16;;/h3-8,11-12,19-20,23-24H,1-2,9-10,13-14H2;2*1H/t19-,20-;;/m0../s1. The Hall–Kier alpha value is -0.100. The zero-order chi connectivity index (χ0) is 16.8. The van der Waals surface area contributed by atoms with Gasteiger partial charge in [-0.25, -0.2) is 0 Å². The van der Waals surface area contributed by atoms with Gasteiger partial charge in [0.1, 0.15) is 0 Å². The van der Waals surface area contributed by atoms with Crippen molar-refractivity contribution in [3.05, 3.63) is 68.6 Å². The van der Waals surface area contributed by atoms with Crippen molar-refractivity contribution in [1.29, 1.82) is 0 Å². The minimum Gasteiger partial charge on any atom is -0.308 e. The molecule has 0 aliphatic heterocycles. The van der Waals surface area contributed by atoms with Crippen molar-refractivity contribution < 1.29 is 0 Å². The Morgan fingerprint density at radius 3 is 1.54 bits per heavy atom. The molecule has 2 aromatic carbocycles. The van der Waals surface area contributed by atoms with E-state index in [0.29, 0.717) is 12.1 Å². The van der Waals surface area contributed by atoms with Gasteiger partial charge in [0.05, 0.1) is 0 Å². The third kappa shape index (κ3) is 7.49. The Balaban J connectivity index is 0.00000169. The molecule has 0 heterocycles. The van der Waals surface area contributed by atoms with Crippen LogP contribution < -0.4 is 10.6 Å². The van der Waals surface area contributed by atoms with Gasteiger partial charge < -0.3 is 10.6 Å². The van der Waals surface area contributed by atoms with E-state index in [0.717, 1.165) is 22.0 Å². The molecule has 0 spiro atoms. The number of hydrogen-bond acceptors (Lipinski definition) is 2. The molecule has 0 amide bonds. The molecular weight excluding hydrogens is 499 g/mol. The summed E-state index contributed by atoms with van der Waals surface area (Å²) in [5.41, 5.74) is 2.67. The van der Waals surface area contributed by atoms with Gasteiger partial charge in [-0.3, -0.25) is 0 Å².